The second kappa shape index (κ2) is 8.81. The van der Waals surface area contributed by atoms with Crippen molar-refractivity contribution in [3.63, 3.8) is 0 Å². The van der Waals surface area contributed by atoms with Gasteiger partial charge >= 0.3 is 6.18 Å². The summed E-state index contributed by atoms with van der Waals surface area (Å²) in [4.78, 5) is 0. The van der Waals surface area contributed by atoms with Crippen LogP contribution in [0.2, 0.25) is 0 Å². The van der Waals surface area contributed by atoms with E-state index in [4.69, 9.17) is 4.74 Å². The third-order valence-electron chi connectivity index (χ3n) is 6.11. The van der Waals surface area contributed by atoms with Crippen LogP contribution in [0.1, 0.15) is 50.8 Å². The molecule has 1 aliphatic heterocycles. The zero-order valence-electron chi connectivity index (χ0n) is 19.0. The molecule has 2 heterocycles. The van der Waals surface area contributed by atoms with Gasteiger partial charge in [0.05, 0.1) is 22.1 Å². The number of hydrogen-bond acceptors (Lipinski definition) is 4. The molecule has 2 aromatic carbocycles. The summed E-state index contributed by atoms with van der Waals surface area (Å²) in [7, 11) is 0. The van der Waals surface area contributed by atoms with E-state index in [0.29, 0.717) is 12.0 Å². The molecule has 0 aliphatic carbocycles. The topological polar surface area (TPSA) is 59.3 Å². The first-order valence-corrected chi connectivity index (χ1v) is 11.0. The molecule has 3 unspecified atom stereocenters. The van der Waals surface area contributed by atoms with Crippen molar-refractivity contribution < 1.29 is 31.8 Å². The monoisotopic (exact) mass is 483 g/mol. The summed E-state index contributed by atoms with van der Waals surface area (Å²) in [6.07, 6.45) is -4.16. The lowest BCUT2D eigenvalue weighted by atomic mass is 9.79. The van der Waals surface area contributed by atoms with E-state index in [1.54, 1.807) is 13.8 Å². The highest BCUT2D eigenvalue weighted by atomic mass is 19.4. The highest BCUT2D eigenvalue weighted by Gasteiger charge is 2.40. The van der Waals surface area contributed by atoms with E-state index in [9.17, 15) is 27.1 Å². The number of ether oxygens (including phenoxy) is 1. The van der Waals surface area contributed by atoms with E-state index in [-0.39, 0.29) is 35.7 Å². The first-order valence-electron chi connectivity index (χ1n) is 11.0. The highest BCUT2D eigenvalue weighted by Crippen LogP contribution is 2.40. The molecule has 0 bridgehead atoms. The van der Waals surface area contributed by atoms with Crippen molar-refractivity contribution in [3.8, 4) is 5.75 Å². The second-order valence-electron chi connectivity index (χ2n) is 9.22. The van der Waals surface area contributed by atoms with Gasteiger partial charge in [0.1, 0.15) is 18.2 Å². The van der Waals surface area contributed by atoms with Gasteiger partial charge in [-0.15, -0.1) is 5.10 Å². The number of piperidine rings is 1. The third kappa shape index (κ3) is 4.74. The molecule has 10 heteroatoms. The van der Waals surface area contributed by atoms with Crippen LogP contribution in [0.25, 0.3) is 10.9 Å². The predicted octanol–water partition coefficient (Wildman–Crippen LogP) is 5.32. The Bertz CT molecular complexity index is 1180. The van der Waals surface area contributed by atoms with Crippen LogP contribution in [-0.2, 0) is 11.8 Å². The predicted molar refractivity (Wildman–Crippen MR) is 116 cm³/mol. The molecule has 4 rings (SSSR count). The van der Waals surface area contributed by atoms with Crippen molar-refractivity contribution in [2.24, 2.45) is 0 Å². The summed E-state index contributed by atoms with van der Waals surface area (Å²) >= 11 is 0. The standard InChI is InChI=1S/C24H26F5N3O2/c1-13(2)32-21-19(22(26)31-32)8-18(9-20(21)24(27,28)29)34-12-17-11-23(33,10-14(3)30-17)15-4-6-16(25)7-5-15/h4-9,13-14,17,30,33H,10-12H2,1-3H3. The molecular formula is C24H26F5N3O2. The number of rotatable bonds is 5. The molecule has 0 spiro atoms. The summed E-state index contributed by atoms with van der Waals surface area (Å²) in [5.74, 6) is -1.57. The maximum absolute atomic E-state index is 14.5. The largest absolute Gasteiger partial charge is 0.492 e. The Balaban J connectivity index is 1.60. The SMILES string of the molecule is CC1CC(O)(c2ccc(F)cc2)CC(COc2cc(C(F)(F)F)c3c(c2)c(F)nn3C(C)C)N1. The lowest BCUT2D eigenvalue weighted by Gasteiger charge is -2.41. The van der Waals surface area contributed by atoms with Crippen LogP contribution in [-0.4, -0.2) is 33.6 Å². The van der Waals surface area contributed by atoms with E-state index < -0.39 is 41.2 Å². The molecule has 5 nitrogen and oxygen atoms in total. The Labute approximate surface area is 193 Å². The summed E-state index contributed by atoms with van der Waals surface area (Å²) in [5, 5.41) is 17.9. The Kier molecular flexibility index (Phi) is 6.32. The molecule has 2 N–H and O–H groups in total. The summed E-state index contributed by atoms with van der Waals surface area (Å²) in [5.41, 5.74) is -2.06. The van der Waals surface area contributed by atoms with Crippen LogP contribution < -0.4 is 10.1 Å². The number of nitrogens with zero attached hydrogens (tertiary/aromatic N) is 2. The second-order valence-corrected chi connectivity index (χ2v) is 9.22. The van der Waals surface area contributed by atoms with Crippen LogP contribution in [0.3, 0.4) is 0 Å². The Morgan fingerprint density at radius 1 is 1.18 bits per heavy atom. The van der Waals surface area contributed by atoms with Gasteiger partial charge in [-0.25, -0.2) is 4.39 Å². The maximum atomic E-state index is 14.5. The van der Waals surface area contributed by atoms with Crippen LogP contribution in [0, 0.1) is 11.8 Å². The first kappa shape index (κ1) is 24.4. The molecule has 1 aliphatic rings. The van der Waals surface area contributed by atoms with Gasteiger partial charge in [0.15, 0.2) is 0 Å². The molecule has 3 aromatic rings. The zero-order valence-corrected chi connectivity index (χ0v) is 19.0. The normalized spacial score (nSPS) is 23.6. The Morgan fingerprint density at radius 3 is 2.47 bits per heavy atom. The quantitative estimate of drug-likeness (QED) is 0.483. The molecule has 0 amide bonds. The van der Waals surface area contributed by atoms with Gasteiger partial charge in [-0.1, -0.05) is 12.1 Å². The maximum Gasteiger partial charge on any atom is 0.418 e. The van der Waals surface area contributed by atoms with E-state index in [2.05, 4.69) is 10.4 Å². The number of nitrogens with one attached hydrogen (secondary N) is 1. The fourth-order valence-corrected chi connectivity index (χ4v) is 4.70. The van der Waals surface area contributed by atoms with Gasteiger partial charge in [0, 0.05) is 18.1 Å². The number of halogens is 5. The molecule has 1 fully saturated rings. The number of aromatic nitrogens is 2. The number of alkyl halides is 3. The van der Waals surface area contributed by atoms with E-state index >= 15 is 0 Å². The van der Waals surface area contributed by atoms with E-state index in [1.807, 2.05) is 6.92 Å². The summed E-state index contributed by atoms with van der Waals surface area (Å²) in [6, 6.07) is 6.62. The molecule has 0 radical (unpaired) electrons. The molecule has 34 heavy (non-hydrogen) atoms. The van der Waals surface area contributed by atoms with Crippen molar-refractivity contribution in [2.45, 2.75) is 63.5 Å². The van der Waals surface area contributed by atoms with Crippen molar-refractivity contribution >= 4 is 10.9 Å². The number of aliphatic hydroxyl groups is 1. The summed E-state index contributed by atoms with van der Waals surface area (Å²) < 4.78 is 75.9. The van der Waals surface area contributed by atoms with Gasteiger partial charge in [-0.05, 0) is 63.4 Å². The molecule has 3 atom stereocenters. The van der Waals surface area contributed by atoms with E-state index in [0.717, 1.165) is 10.7 Å². The fourth-order valence-electron chi connectivity index (χ4n) is 4.70. The van der Waals surface area contributed by atoms with Gasteiger partial charge < -0.3 is 15.2 Å². The number of hydrogen-bond donors (Lipinski definition) is 2. The van der Waals surface area contributed by atoms with Crippen LogP contribution in [0.4, 0.5) is 22.0 Å². The zero-order chi connectivity index (χ0) is 24.8. The average Bonchev–Trinajstić information content (AvgIpc) is 3.07. The Hall–Kier alpha value is -2.72. The highest BCUT2D eigenvalue weighted by molar-refractivity contribution is 5.85. The van der Waals surface area contributed by atoms with Crippen LogP contribution in [0.5, 0.6) is 5.75 Å². The average molecular weight is 483 g/mol. The molecule has 1 aromatic heterocycles. The minimum Gasteiger partial charge on any atom is -0.492 e. The van der Waals surface area contributed by atoms with E-state index in [1.165, 1.54) is 30.3 Å². The van der Waals surface area contributed by atoms with Crippen LogP contribution >= 0.6 is 0 Å². The van der Waals surface area contributed by atoms with Crippen molar-refractivity contribution in [3.05, 3.63) is 59.3 Å². The minimum absolute atomic E-state index is 0.0589. The number of benzene rings is 2. The molecular weight excluding hydrogens is 457 g/mol. The van der Waals surface area contributed by atoms with Gasteiger partial charge in [-0.3, -0.25) is 4.68 Å². The molecule has 184 valence electrons. The lowest BCUT2D eigenvalue weighted by molar-refractivity contribution is -0.136. The third-order valence-corrected chi connectivity index (χ3v) is 6.11. The number of fused-ring (bicyclic) bond motifs is 1. The molecule has 0 saturated carbocycles. The lowest BCUT2D eigenvalue weighted by Crippen LogP contribution is -2.53. The molecule has 1 saturated heterocycles. The summed E-state index contributed by atoms with van der Waals surface area (Å²) in [6.45, 7) is 5.05. The van der Waals surface area contributed by atoms with Crippen molar-refractivity contribution in [1.82, 2.24) is 15.1 Å². The van der Waals surface area contributed by atoms with Gasteiger partial charge in [-0.2, -0.15) is 17.6 Å². The smallest absolute Gasteiger partial charge is 0.418 e. The van der Waals surface area contributed by atoms with Gasteiger partial charge in [0.25, 0.3) is 0 Å². The first-order chi connectivity index (χ1) is 15.9. The van der Waals surface area contributed by atoms with Crippen molar-refractivity contribution in [2.75, 3.05) is 6.61 Å². The van der Waals surface area contributed by atoms with Crippen LogP contribution in [0.15, 0.2) is 36.4 Å². The Morgan fingerprint density at radius 2 is 1.85 bits per heavy atom. The van der Waals surface area contributed by atoms with Crippen molar-refractivity contribution in [1.29, 1.82) is 0 Å². The van der Waals surface area contributed by atoms with Gasteiger partial charge in [0.2, 0.25) is 5.95 Å². The fraction of sp³-hybridized carbons (Fsp3) is 0.458. The minimum atomic E-state index is -4.74.